The van der Waals surface area contributed by atoms with Crippen molar-refractivity contribution in [1.29, 1.82) is 0 Å². The van der Waals surface area contributed by atoms with Gasteiger partial charge in [-0.2, -0.15) is 15.4 Å². The second kappa shape index (κ2) is 8.72. The molecular formula is C25H27N5O4. The standard InChI is InChI=1S/C25H27N5O4/c31-24(15-34-23-5-2-1-4-19(23)22-6-3-9-33-22)29-11-17-13-30(14-18(17)12-29)25(32)16-7-8-20-21(10-16)27-28-26-20/h1-2,4-5,7-8,10,17-18,22H,3,6,9,11-15H2,(H,26,27,28)/t17-,18-,22?/m0/s1. The number of H-pyrrole nitrogens is 1. The van der Waals surface area contributed by atoms with E-state index in [1.54, 1.807) is 18.2 Å². The van der Waals surface area contributed by atoms with Crippen LogP contribution in [-0.2, 0) is 9.53 Å². The molecule has 1 aromatic heterocycles. The van der Waals surface area contributed by atoms with Crippen LogP contribution in [0.1, 0.15) is 34.9 Å². The molecular weight excluding hydrogens is 434 g/mol. The quantitative estimate of drug-likeness (QED) is 0.626. The van der Waals surface area contributed by atoms with E-state index in [0.29, 0.717) is 49.1 Å². The molecule has 0 radical (unpaired) electrons. The van der Waals surface area contributed by atoms with Crippen LogP contribution in [0, 0.1) is 11.8 Å². The average molecular weight is 462 g/mol. The van der Waals surface area contributed by atoms with Crippen LogP contribution in [0.4, 0.5) is 0 Å². The highest BCUT2D eigenvalue weighted by molar-refractivity contribution is 5.97. The van der Waals surface area contributed by atoms with Crippen LogP contribution >= 0.6 is 0 Å². The lowest BCUT2D eigenvalue weighted by Crippen LogP contribution is -2.37. The SMILES string of the molecule is O=C(COc1ccccc1C1CCCO1)N1C[C@H]2CN(C(=O)c3ccc4n[nH]nc4c3)C[C@@H]2C1. The molecule has 3 saturated heterocycles. The number of benzene rings is 2. The Hall–Kier alpha value is -3.46. The molecule has 0 bridgehead atoms. The number of fused-ring (bicyclic) bond motifs is 2. The van der Waals surface area contributed by atoms with Crippen molar-refractivity contribution in [2.24, 2.45) is 11.8 Å². The maximum Gasteiger partial charge on any atom is 0.260 e. The number of likely N-dealkylation sites (tertiary alicyclic amines) is 2. The molecule has 4 heterocycles. The molecule has 2 aromatic carbocycles. The maximum absolute atomic E-state index is 13.0. The van der Waals surface area contributed by atoms with Gasteiger partial charge in [0.25, 0.3) is 11.8 Å². The van der Waals surface area contributed by atoms with Crippen molar-refractivity contribution in [3.05, 3.63) is 53.6 Å². The number of carbonyl (C=O) groups is 2. The molecule has 1 unspecified atom stereocenters. The van der Waals surface area contributed by atoms with Gasteiger partial charge in [0.1, 0.15) is 16.8 Å². The van der Waals surface area contributed by atoms with Crippen molar-refractivity contribution < 1.29 is 19.1 Å². The van der Waals surface area contributed by atoms with Crippen molar-refractivity contribution >= 4 is 22.8 Å². The number of nitrogens with one attached hydrogen (secondary N) is 1. The zero-order chi connectivity index (χ0) is 23.1. The second-order valence-electron chi connectivity index (χ2n) is 9.38. The Bertz CT molecular complexity index is 1210. The summed E-state index contributed by atoms with van der Waals surface area (Å²) >= 11 is 0. The van der Waals surface area contributed by atoms with Crippen LogP contribution in [0.3, 0.4) is 0 Å². The average Bonchev–Trinajstić information content (AvgIpc) is 3.65. The molecule has 1 N–H and O–H groups in total. The summed E-state index contributed by atoms with van der Waals surface area (Å²) in [7, 11) is 0. The summed E-state index contributed by atoms with van der Waals surface area (Å²) in [5, 5.41) is 10.7. The second-order valence-corrected chi connectivity index (χ2v) is 9.38. The molecule has 6 rings (SSSR count). The molecule has 3 aliphatic rings. The summed E-state index contributed by atoms with van der Waals surface area (Å²) in [6.07, 6.45) is 2.07. The third-order valence-corrected chi connectivity index (χ3v) is 7.24. The van der Waals surface area contributed by atoms with E-state index >= 15 is 0 Å². The van der Waals surface area contributed by atoms with Gasteiger partial charge in [0, 0.05) is 55.7 Å². The predicted octanol–water partition coefficient (Wildman–Crippen LogP) is 2.42. The molecule has 9 nitrogen and oxygen atoms in total. The Labute approximate surface area is 197 Å². The molecule has 3 fully saturated rings. The van der Waals surface area contributed by atoms with Gasteiger partial charge >= 0.3 is 0 Å². The van der Waals surface area contributed by atoms with E-state index < -0.39 is 0 Å². The van der Waals surface area contributed by atoms with Crippen LogP contribution < -0.4 is 4.74 Å². The third-order valence-electron chi connectivity index (χ3n) is 7.24. The lowest BCUT2D eigenvalue weighted by Gasteiger charge is -2.22. The molecule has 0 saturated carbocycles. The minimum Gasteiger partial charge on any atom is -0.483 e. The molecule has 0 spiro atoms. The van der Waals surface area contributed by atoms with E-state index in [9.17, 15) is 9.59 Å². The number of hydrogen-bond donors (Lipinski definition) is 1. The van der Waals surface area contributed by atoms with E-state index in [1.165, 1.54) is 0 Å². The number of para-hydroxylation sites is 1. The molecule has 34 heavy (non-hydrogen) atoms. The topological polar surface area (TPSA) is 101 Å². The highest BCUT2D eigenvalue weighted by Crippen LogP contribution is 2.35. The van der Waals surface area contributed by atoms with Gasteiger partial charge in [0.15, 0.2) is 6.61 Å². The number of hydrogen-bond acceptors (Lipinski definition) is 6. The Morgan fingerprint density at radius 3 is 2.56 bits per heavy atom. The number of rotatable bonds is 5. The van der Waals surface area contributed by atoms with Gasteiger partial charge in [-0.15, -0.1) is 0 Å². The third kappa shape index (κ3) is 3.90. The van der Waals surface area contributed by atoms with Gasteiger partial charge in [-0.3, -0.25) is 9.59 Å². The van der Waals surface area contributed by atoms with E-state index in [1.807, 2.05) is 34.1 Å². The summed E-state index contributed by atoms with van der Waals surface area (Å²) in [4.78, 5) is 29.7. The van der Waals surface area contributed by atoms with Crippen molar-refractivity contribution in [1.82, 2.24) is 25.2 Å². The zero-order valence-corrected chi connectivity index (χ0v) is 18.9. The molecule has 0 aliphatic carbocycles. The highest BCUT2D eigenvalue weighted by Gasteiger charge is 2.43. The van der Waals surface area contributed by atoms with E-state index in [0.717, 1.165) is 36.3 Å². The van der Waals surface area contributed by atoms with Gasteiger partial charge in [-0.1, -0.05) is 18.2 Å². The fourth-order valence-corrected chi connectivity index (χ4v) is 5.45. The number of aromatic amines is 1. The first kappa shape index (κ1) is 21.1. The minimum absolute atomic E-state index is 0.00579. The van der Waals surface area contributed by atoms with Crippen LogP contribution in [0.5, 0.6) is 5.75 Å². The zero-order valence-electron chi connectivity index (χ0n) is 18.9. The predicted molar refractivity (Wildman–Crippen MR) is 123 cm³/mol. The monoisotopic (exact) mass is 461 g/mol. The first-order chi connectivity index (χ1) is 16.7. The van der Waals surface area contributed by atoms with Crippen molar-refractivity contribution in [2.75, 3.05) is 39.4 Å². The van der Waals surface area contributed by atoms with Crippen molar-refractivity contribution in [2.45, 2.75) is 18.9 Å². The van der Waals surface area contributed by atoms with E-state index in [-0.39, 0.29) is 24.5 Å². The van der Waals surface area contributed by atoms with Crippen LogP contribution in [0.2, 0.25) is 0 Å². The number of nitrogens with zero attached hydrogens (tertiary/aromatic N) is 4. The van der Waals surface area contributed by atoms with Crippen molar-refractivity contribution in [3.63, 3.8) is 0 Å². The van der Waals surface area contributed by atoms with Gasteiger partial charge in [-0.05, 0) is 37.1 Å². The number of amides is 2. The van der Waals surface area contributed by atoms with Gasteiger partial charge < -0.3 is 19.3 Å². The summed E-state index contributed by atoms with van der Waals surface area (Å²) in [6, 6.07) is 13.2. The van der Waals surface area contributed by atoms with Gasteiger partial charge in [0.2, 0.25) is 0 Å². The first-order valence-corrected chi connectivity index (χ1v) is 11.9. The normalized spacial score (nSPS) is 24.1. The lowest BCUT2D eigenvalue weighted by molar-refractivity contribution is -0.132. The number of aromatic nitrogens is 3. The fraction of sp³-hybridized carbons (Fsp3) is 0.440. The first-order valence-electron chi connectivity index (χ1n) is 11.9. The maximum atomic E-state index is 13.0. The molecule has 3 atom stereocenters. The summed E-state index contributed by atoms with van der Waals surface area (Å²) in [5.41, 5.74) is 3.06. The highest BCUT2D eigenvalue weighted by atomic mass is 16.5. The smallest absolute Gasteiger partial charge is 0.260 e. The van der Waals surface area contributed by atoms with Gasteiger partial charge in [0.05, 0.1) is 6.10 Å². The Balaban J connectivity index is 1.04. The largest absolute Gasteiger partial charge is 0.483 e. The summed E-state index contributed by atoms with van der Waals surface area (Å²) < 4.78 is 11.7. The lowest BCUT2D eigenvalue weighted by atomic mass is 10.0. The van der Waals surface area contributed by atoms with E-state index in [2.05, 4.69) is 15.4 Å². The van der Waals surface area contributed by atoms with Crippen LogP contribution in [0.25, 0.3) is 11.0 Å². The summed E-state index contributed by atoms with van der Waals surface area (Å²) in [6.45, 7) is 3.42. The Morgan fingerprint density at radius 1 is 1.00 bits per heavy atom. The van der Waals surface area contributed by atoms with Crippen molar-refractivity contribution in [3.8, 4) is 5.75 Å². The Kier molecular flexibility index (Phi) is 5.41. The number of ether oxygens (including phenoxy) is 2. The number of carbonyl (C=O) groups excluding carboxylic acids is 2. The summed E-state index contributed by atoms with van der Waals surface area (Å²) in [5.74, 6) is 1.31. The van der Waals surface area contributed by atoms with Crippen LogP contribution in [-0.4, -0.2) is 76.4 Å². The Morgan fingerprint density at radius 2 is 1.76 bits per heavy atom. The van der Waals surface area contributed by atoms with Crippen LogP contribution in [0.15, 0.2) is 42.5 Å². The molecule has 9 heteroatoms. The van der Waals surface area contributed by atoms with E-state index in [4.69, 9.17) is 9.47 Å². The minimum atomic E-state index is -0.00842. The fourth-order valence-electron chi connectivity index (χ4n) is 5.45. The molecule has 2 amide bonds. The molecule has 3 aliphatic heterocycles. The molecule has 176 valence electrons. The van der Waals surface area contributed by atoms with Gasteiger partial charge in [-0.25, -0.2) is 0 Å². The molecule has 3 aromatic rings.